The first kappa shape index (κ1) is 32.6. The van der Waals surface area contributed by atoms with Crippen LogP contribution in [0.25, 0.3) is 0 Å². The number of rotatable bonds is 12. The number of ether oxygens (including phenoxy) is 1. The Morgan fingerprint density at radius 1 is 0.953 bits per heavy atom. The highest BCUT2D eigenvalue weighted by Gasteiger charge is 2.34. The second kappa shape index (κ2) is 14.9. The van der Waals surface area contributed by atoms with E-state index in [1.807, 2.05) is 6.07 Å². The minimum absolute atomic E-state index is 0.0412. The van der Waals surface area contributed by atoms with E-state index >= 15 is 0 Å². The summed E-state index contributed by atoms with van der Waals surface area (Å²) in [6.07, 6.45) is 5.01. The van der Waals surface area contributed by atoms with Gasteiger partial charge in [0.15, 0.2) is 0 Å². The number of para-hydroxylation sites is 2. The van der Waals surface area contributed by atoms with Crippen LogP contribution in [0.5, 0.6) is 5.75 Å². The summed E-state index contributed by atoms with van der Waals surface area (Å²) in [6, 6.07) is 18.6. The number of carbonyl (C=O) groups excluding carboxylic acids is 2. The third kappa shape index (κ3) is 8.43. The molecule has 1 aliphatic rings. The van der Waals surface area contributed by atoms with Gasteiger partial charge in [0.2, 0.25) is 11.8 Å². The smallest absolute Gasteiger partial charge is 0.264 e. The number of carbonyl (C=O) groups is 2. The zero-order chi connectivity index (χ0) is 31.0. The highest BCUT2D eigenvalue weighted by molar-refractivity contribution is 7.92. The van der Waals surface area contributed by atoms with Gasteiger partial charge in [0.05, 0.1) is 17.2 Å². The summed E-state index contributed by atoms with van der Waals surface area (Å²) in [6.45, 7) is 3.22. The lowest BCUT2D eigenvalue weighted by Gasteiger charge is -2.33. The summed E-state index contributed by atoms with van der Waals surface area (Å²) < 4.78 is 35.0. The van der Waals surface area contributed by atoms with E-state index < -0.39 is 28.5 Å². The Bertz CT molecular complexity index is 1510. The zero-order valence-electron chi connectivity index (χ0n) is 24.3. The summed E-state index contributed by atoms with van der Waals surface area (Å²) in [4.78, 5) is 29.0. The van der Waals surface area contributed by atoms with E-state index in [2.05, 4.69) is 5.32 Å². The first-order chi connectivity index (χ1) is 20.6. The number of sulfonamides is 1. The van der Waals surface area contributed by atoms with Crippen molar-refractivity contribution in [2.45, 2.75) is 69.5 Å². The van der Waals surface area contributed by atoms with Crippen LogP contribution < -0.4 is 14.4 Å². The van der Waals surface area contributed by atoms with Crippen molar-refractivity contribution >= 4 is 50.7 Å². The van der Waals surface area contributed by atoms with Crippen LogP contribution in [0.1, 0.15) is 51.5 Å². The molecule has 1 atom stereocenters. The Kier molecular flexibility index (Phi) is 11.3. The van der Waals surface area contributed by atoms with Crippen molar-refractivity contribution < 1.29 is 22.7 Å². The van der Waals surface area contributed by atoms with Gasteiger partial charge >= 0.3 is 0 Å². The van der Waals surface area contributed by atoms with Crippen molar-refractivity contribution in [3.63, 3.8) is 0 Å². The van der Waals surface area contributed by atoms with E-state index in [1.165, 1.54) is 29.2 Å². The van der Waals surface area contributed by atoms with Gasteiger partial charge in [-0.15, -0.1) is 0 Å². The van der Waals surface area contributed by atoms with Crippen LogP contribution in [0.2, 0.25) is 10.0 Å². The number of anilines is 1. The maximum absolute atomic E-state index is 14.2. The quantitative estimate of drug-likeness (QED) is 0.244. The van der Waals surface area contributed by atoms with Crippen LogP contribution in [0.4, 0.5) is 5.69 Å². The highest BCUT2D eigenvalue weighted by atomic mass is 35.5. The monoisotopic (exact) mass is 645 g/mol. The number of hydrogen-bond donors (Lipinski definition) is 1. The summed E-state index contributed by atoms with van der Waals surface area (Å²) in [5.41, 5.74) is 0.912. The van der Waals surface area contributed by atoms with Gasteiger partial charge in [-0.05, 0) is 80.8 Å². The Balaban J connectivity index is 1.72. The van der Waals surface area contributed by atoms with Crippen molar-refractivity contribution in [2.24, 2.45) is 0 Å². The topological polar surface area (TPSA) is 96.0 Å². The van der Waals surface area contributed by atoms with Crippen LogP contribution in [0.15, 0.2) is 77.7 Å². The molecule has 0 spiro atoms. The van der Waals surface area contributed by atoms with Crippen LogP contribution in [0, 0.1) is 0 Å². The first-order valence-electron chi connectivity index (χ1n) is 14.4. The molecule has 8 nitrogen and oxygen atoms in total. The second-order valence-corrected chi connectivity index (χ2v) is 13.3. The number of halogens is 2. The largest absolute Gasteiger partial charge is 0.492 e. The predicted octanol–water partition coefficient (Wildman–Crippen LogP) is 6.45. The van der Waals surface area contributed by atoms with E-state index in [1.54, 1.807) is 56.3 Å². The molecule has 1 N–H and O–H groups in total. The molecule has 43 heavy (non-hydrogen) atoms. The molecule has 3 aromatic carbocycles. The van der Waals surface area contributed by atoms with Crippen molar-refractivity contribution in [3.8, 4) is 5.75 Å². The molecule has 0 unspecified atom stereocenters. The molecule has 4 rings (SSSR count). The molecule has 1 aliphatic carbocycles. The first-order valence-corrected chi connectivity index (χ1v) is 16.6. The molecule has 11 heteroatoms. The standard InChI is InChI=1S/C32H37Cl2N3O5S/c1-3-42-30-15-8-7-14-29(30)37(43(40,41)28-18-16-25(33)17-19-28)22-31(38)36(21-24-10-9-11-26(34)20-24)23(2)32(39)35-27-12-5-4-6-13-27/h7-11,14-20,23,27H,3-6,12-13,21-22H2,1-2H3,(H,35,39)/t23-/m0/s1. The minimum atomic E-state index is -4.26. The lowest BCUT2D eigenvalue weighted by molar-refractivity contribution is -0.139. The normalized spacial score (nSPS) is 14.5. The van der Waals surface area contributed by atoms with Crippen molar-refractivity contribution in [3.05, 3.63) is 88.4 Å². The molecule has 0 heterocycles. The fraction of sp³-hybridized carbons (Fsp3) is 0.375. The molecule has 0 radical (unpaired) electrons. The molecular weight excluding hydrogens is 609 g/mol. The van der Waals surface area contributed by atoms with Gasteiger partial charge in [-0.25, -0.2) is 8.42 Å². The SMILES string of the molecule is CCOc1ccccc1N(CC(=O)N(Cc1cccc(Cl)c1)[C@@H](C)C(=O)NC1CCCCC1)S(=O)(=O)c1ccc(Cl)cc1. The molecule has 0 aliphatic heterocycles. The Labute approximate surface area is 264 Å². The van der Waals surface area contributed by atoms with Crippen LogP contribution >= 0.6 is 23.2 Å². The zero-order valence-corrected chi connectivity index (χ0v) is 26.7. The lowest BCUT2D eigenvalue weighted by atomic mass is 9.95. The van der Waals surface area contributed by atoms with Gasteiger partial charge in [-0.3, -0.25) is 13.9 Å². The number of amides is 2. The van der Waals surface area contributed by atoms with Crippen LogP contribution in [-0.2, 0) is 26.2 Å². The maximum atomic E-state index is 14.2. The average molecular weight is 647 g/mol. The van der Waals surface area contributed by atoms with Gasteiger partial charge in [0.1, 0.15) is 18.3 Å². The van der Waals surface area contributed by atoms with E-state index in [0.29, 0.717) is 28.0 Å². The fourth-order valence-electron chi connectivity index (χ4n) is 5.17. The maximum Gasteiger partial charge on any atom is 0.264 e. The lowest BCUT2D eigenvalue weighted by Crippen LogP contribution is -2.53. The summed E-state index contributed by atoms with van der Waals surface area (Å²) >= 11 is 12.3. The molecule has 0 bridgehead atoms. The Morgan fingerprint density at radius 3 is 2.33 bits per heavy atom. The van der Waals surface area contributed by atoms with Gasteiger partial charge in [0, 0.05) is 22.6 Å². The predicted molar refractivity (Wildman–Crippen MR) is 170 cm³/mol. The molecule has 0 saturated heterocycles. The van der Waals surface area contributed by atoms with Gasteiger partial charge in [0.25, 0.3) is 10.0 Å². The third-order valence-electron chi connectivity index (χ3n) is 7.48. The van der Waals surface area contributed by atoms with Gasteiger partial charge in [-0.1, -0.05) is 66.7 Å². The van der Waals surface area contributed by atoms with Crippen molar-refractivity contribution in [2.75, 3.05) is 17.5 Å². The fourth-order valence-corrected chi connectivity index (χ4v) is 6.93. The van der Waals surface area contributed by atoms with E-state index in [0.717, 1.165) is 36.4 Å². The third-order valence-corrected chi connectivity index (χ3v) is 9.74. The number of benzene rings is 3. The molecule has 2 amide bonds. The van der Waals surface area contributed by atoms with Gasteiger partial charge < -0.3 is 15.0 Å². The van der Waals surface area contributed by atoms with E-state index in [4.69, 9.17) is 27.9 Å². The van der Waals surface area contributed by atoms with Crippen molar-refractivity contribution in [1.82, 2.24) is 10.2 Å². The molecule has 0 aromatic heterocycles. The van der Waals surface area contributed by atoms with E-state index in [9.17, 15) is 18.0 Å². The molecular formula is C32H37Cl2N3O5S. The van der Waals surface area contributed by atoms with Gasteiger partial charge in [-0.2, -0.15) is 0 Å². The van der Waals surface area contributed by atoms with E-state index in [-0.39, 0.29) is 29.1 Å². The number of hydrogen-bond acceptors (Lipinski definition) is 5. The number of nitrogens with zero attached hydrogens (tertiary/aromatic N) is 2. The summed E-state index contributed by atoms with van der Waals surface area (Å²) in [7, 11) is -4.26. The average Bonchev–Trinajstić information content (AvgIpc) is 2.99. The van der Waals surface area contributed by atoms with Crippen LogP contribution in [-0.4, -0.2) is 50.4 Å². The Hall–Kier alpha value is -3.27. The van der Waals surface area contributed by atoms with Crippen molar-refractivity contribution in [1.29, 1.82) is 0 Å². The highest BCUT2D eigenvalue weighted by Crippen LogP contribution is 2.33. The summed E-state index contributed by atoms with van der Waals surface area (Å²) in [5.74, 6) is -0.543. The minimum Gasteiger partial charge on any atom is -0.492 e. The Morgan fingerprint density at radius 2 is 1.65 bits per heavy atom. The number of nitrogens with one attached hydrogen (secondary N) is 1. The molecule has 1 fully saturated rings. The molecule has 1 saturated carbocycles. The molecule has 3 aromatic rings. The molecule has 230 valence electrons. The summed E-state index contributed by atoms with van der Waals surface area (Å²) in [5, 5.41) is 3.96. The second-order valence-electron chi connectivity index (χ2n) is 10.5. The van der Waals surface area contributed by atoms with Crippen LogP contribution in [0.3, 0.4) is 0 Å².